The van der Waals surface area contributed by atoms with Crippen molar-refractivity contribution in [3.05, 3.63) is 70.3 Å². The summed E-state index contributed by atoms with van der Waals surface area (Å²) in [6, 6.07) is 11.6. The molecule has 1 aliphatic heterocycles. The Balaban J connectivity index is 1.66. The summed E-state index contributed by atoms with van der Waals surface area (Å²) in [6.45, 7) is 8.01. The summed E-state index contributed by atoms with van der Waals surface area (Å²) in [5, 5.41) is 11.5. The maximum absolute atomic E-state index is 12.8. The van der Waals surface area contributed by atoms with Crippen LogP contribution in [0.3, 0.4) is 0 Å². The van der Waals surface area contributed by atoms with Gasteiger partial charge in [-0.2, -0.15) is 0 Å². The van der Waals surface area contributed by atoms with E-state index in [1.54, 1.807) is 13.0 Å². The predicted molar refractivity (Wildman–Crippen MR) is 160 cm³/mol. The zero-order chi connectivity index (χ0) is 27.9. The number of fused-ring (bicyclic) bond motifs is 1. The second-order valence-electron chi connectivity index (χ2n) is 10.6. The van der Waals surface area contributed by atoms with E-state index in [4.69, 9.17) is 16.3 Å². The third-order valence-electron chi connectivity index (χ3n) is 7.91. The van der Waals surface area contributed by atoms with Crippen LogP contribution >= 0.6 is 11.6 Å². The first-order valence-electron chi connectivity index (χ1n) is 14.2. The van der Waals surface area contributed by atoms with Crippen molar-refractivity contribution in [1.29, 1.82) is 0 Å². The molecule has 6 nitrogen and oxygen atoms in total. The minimum Gasteiger partial charge on any atom is -0.491 e. The number of anilines is 1. The number of benzene rings is 2. The maximum atomic E-state index is 12.8. The van der Waals surface area contributed by atoms with Crippen LogP contribution in [-0.2, 0) is 17.4 Å². The molecule has 1 saturated carbocycles. The molecule has 212 valence electrons. The summed E-state index contributed by atoms with van der Waals surface area (Å²) in [7, 11) is -1.41. The largest absolute Gasteiger partial charge is 0.491 e. The van der Waals surface area contributed by atoms with Crippen LogP contribution < -0.4 is 14.4 Å². The monoisotopic (exact) mass is 572 g/mol. The van der Waals surface area contributed by atoms with E-state index in [1.807, 2.05) is 30.4 Å². The quantitative estimate of drug-likeness (QED) is 0.321. The Morgan fingerprint density at radius 2 is 2.05 bits per heavy atom. The van der Waals surface area contributed by atoms with Crippen LogP contribution in [0.2, 0.25) is 5.02 Å². The number of aliphatic hydroxyl groups excluding tert-OH is 1. The summed E-state index contributed by atoms with van der Waals surface area (Å²) in [6.07, 6.45) is 8.44. The molecule has 39 heavy (non-hydrogen) atoms. The van der Waals surface area contributed by atoms with Gasteiger partial charge in [0.2, 0.25) is 0 Å². The van der Waals surface area contributed by atoms with E-state index in [0.29, 0.717) is 23.8 Å². The number of aryl methyl sites for hydroxylation is 1. The van der Waals surface area contributed by atoms with Gasteiger partial charge >= 0.3 is 0 Å². The molecule has 2 N–H and O–H groups in total. The van der Waals surface area contributed by atoms with Crippen molar-refractivity contribution in [2.24, 2.45) is 11.8 Å². The van der Waals surface area contributed by atoms with Crippen molar-refractivity contribution in [3.8, 4) is 5.75 Å². The fraction of sp³-hybridized carbons (Fsp3) is 0.516. The standard InChI is InChI=1S/C31H41ClN2O4S/c1-4-7-9-29(35)27-13-10-23(27)18-34-19-24(26-14-12-25(32)16-21(26)8-5-2)20-38-30-15-11-22(17-28(30)34)31(36)33-39(37)6-3/h7,9,11-12,14-17,23-24,27,29,35H,4-6,8,10,13,18-20H2,1-3H3,(H,33,36)/b9-7+. The number of nitrogens with zero attached hydrogens (tertiary/aromatic N) is 1. The van der Waals surface area contributed by atoms with Crippen molar-refractivity contribution >= 4 is 34.2 Å². The number of hydrogen-bond acceptors (Lipinski definition) is 5. The third kappa shape index (κ3) is 7.24. The normalized spacial score (nSPS) is 22.4. The van der Waals surface area contributed by atoms with Crippen LogP contribution in [-0.4, -0.2) is 46.8 Å². The maximum Gasteiger partial charge on any atom is 0.263 e. The fourth-order valence-corrected chi connectivity index (χ4v) is 6.33. The molecular formula is C31H41ClN2O4S. The predicted octanol–water partition coefficient (Wildman–Crippen LogP) is 6.04. The molecule has 1 heterocycles. The number of allylic oxidation sites excluding steroid dienone is 1. The Hall–Kier alpha value is -2.35. The van der Waals surface area contributed by atoms with Gasteiger partial charge in [-0.05, 0) is 79.0 Å². The molecule has 5 unspecified atom stereocenters. The number of rotatable bonds is 11. The lowest BCUT2D eigenvalue weighted by molar-refractivity contribution is 0.0461. The minimum absolute atomic E-state index is 0.115. The molecule has 2 aromatic rings. The summed E-state index contributed by atoms with van der Waals surface area (Å²) in [4.78, 5) is 15.2. The first kappa shape index (κ1) is 29.6. The number of nitrogens with one attached hydrogen (secondary N) is 1. The minimum atomic E-state index is -1.41. The molecule has 8 heteroatoms. The highest BCUT2D eigenvalue weighted by Crippen LogP contribution is 2.42. The summed E-state index contributed by atoms with van der Waals surface area (Å²) in [5.74, 6) is 1.39. The Morgan fingerprint density at radius 3 is 2.74 bits per heavy atom. The summed E-state index contributed by atoms with van der Waals surface area (Å²) < 4.78 is 20.9. The van der Waals surface area contributed by atoms with Gasteiger partial charge in [0, 0.05) is 35.3 Å². The van der Waals surface area contributed by atoms with Crippen LogP contribution in [0.25, 0.3) is 0 Å². The Morgan fingerprint density at radius 1 is 1.23 bits per heavy atom. The van der Waals surface area contributed by atoms with Gasteiger partial charge in [-0.15, -0.1) is 0 Å². The van der Waals surface area contributed by atoms with Gasteiger partial charge < -0.3 is 14.7 Å². The van der Waals surface area contributed by atoms with E-state index in [-0.39, 0.29) is 17.7 Å². The first-order valence-corrected chi connectivity index (χ1v) is 15.9. The number of carbonyl (C=O) groups is 1. The molecule has 5 atom stereocenters. The summed E-state index contributed by atoms with van der Waals surface area (Å²) in [5.41, 5.74) is 3.80. The lowest BCUT2D eigenvalue weighted by Crippen LogP contribution is -2.44. The molecule has 2 aromatic carbocycles. The molecule has 0 saturated heterocycles. The van der Waals surface area contributed by atoms with Gasteiger partial charge in [0.1, 0.15) is 16.7 Å². The number of halogens is 1. The highest BCUT2D eigenvalue weighted by molar-refractivity contribution is 7.83. The average molecular weight is 573 g/mol. The number of hydrogen-bond donors (Lipinski definition) is 2. The molecule has 0 radical (unpaired) electrons. The number of carbonyl (C=O) groups excluding carboxylic acids is 1. The zero-order valence-corrected chi connectivity index (χ0v) is 24.8. The van der Waals surface area contributed by atoms with Crippen molar-refractivity contribution in [1.82, 2.24) is 4.72 Å². The van der Waals surface area contributed by atoms with Crippen molar-refractivity contribution in [3.63, 3.8) is 0 Å². The van der Waals surface area contributed by atoms with E-state index in [9.17, 15) is 14.1 Å². The highest BCUT2D eigenvalue weighted by atomic mass is 35.5. The second kappa shape index (κ2) is 13.8. The fourth-order valence-electron chi connectivity index (χ4n) is 5.66. The molecule has 1 aliphatic carbocycles. The van der Waals surface area contributed by atoms with Gasteiger partial charge in [0.05, 0.1) is 18.4 Å². The Kier molecular flexibility index (Phi) is 10.5. The van der Waals surface area contributed by atoms with Crippen molar-refractivity contribution < 1.29 is 18.8 Å². The van der Waals surface area contributed by atoms with Crippen molar-refractivity contribution in [2.75, 3.05) is 30.3 Å². The second-order valence-corrected chi connectivity index (χ2v) is 12.5. The lowest BCUT2D eigenvalue weighted by atomic mass is 9.70. The molecule has 0 aromatic heterocycles. The number of aliphatic hydroxyl groups is 1. The molecule has 1 amide bonds. The van der Waals surface area contributed by atoms with E-state index in [2.05, 4.69) is 35.6 Å². The van der Waals surface area contributed by atoms with Crippen molar-refractivity contribution in [2.45, 2.75) is 64.9 Å². The Bertz CT molecular complexity index is 1200. The van der Waals surface area contributed by atoms with E-state index >= 15 is 0 Å². The molecule has 0 bridgehead atoms. The molecule has 1 fully saturated rings. The van der Waals surface area contributed by atoms with E-state index < -0.39 is 17.1 Å². The third-order valence-corrected chi connectivity index (χ3v) is 9.09. The number of ether oxygens (including phenoxy) is 1. The van der Waals surface area contributed by atoms with Crippen LogP contribution in [0, 0.1) is 11.8 Å². The lowest BCUT2D eigenvalue weighted by Gasteiger charge is -2.42. The van der Waals surface area contributed by atoms with Crippen LogP contribution in [0.4, 0.5) is 5.69 Å². The van der Waals surface area contributed by atoms with E-state index in [0.717, 1.165) is 61.7 Å². The SMILES string of the molecule is CC/C=C/C(O)C1CCC1CN1CC(c2ccc(Cl)cc2CCC)COc2ccc(C(=O)NS(=O)CC)cc21. The van der Waals surface area contributed by atoms with E-state index in [1.165, 1.54) is 11.1 Å². The first-order chi connectivity index (χ1) is 18.8. The van der Waals surface area contributed by atoms with Gasteiger partial charge in [-0.1, -0.05) is 57.0 Å². The zero-order valence-electron chi connectivity index (χ0n) is 23.2. The van der Waals surface area contributed by atoms with Gasteiger partial charge in [-0.25, -0.2) is 4.21 Å². The molecule has 4 rings (SSSR count). The molecule has 0 spiro atoms. The summed E-state index contributed by atoms with van der Waals surface area (Å²) >= 11 is 6.37. The molecular weight excluding hydrogens is 532 g/mol. The molecule has 2 aliphatic rings. The smallest absolute Gasteiger partial charge is 0.263 e. The van der Waals surface area contributed by atoms with Gasteiger partial charge in [-0.3, -0.25) is 9.52 Å². The van der Waals surface area contributed by atoms with Crippen LogP contribution in [0.5, 0.6) is 5.75 Å². The van der Waals surface area contributed by atoms with Crippen LogP contribution in [0.15, 0.2) is 48.6 Å². The average Bonchev–Trinajstić information content (AvgIpc) is 3.09. The number of amides is 1. The topological polar surface area (TPSA) is 78.9 Å². The highest BCUT2D eigenvalue weighted by Gasteiger charge is 2.38. The van der Waals surface area contributed by atoms with Crippen LogP contribution in [0.1, 0.15) is 73.9 Å². The van der Waals surface area contributed by atoms with Gasteiger partial charge in [0.25, 0.3) is 5.91 Å². The van der Waals surface area contributed by atoms with Gasteiger partial charge in [0.15, 0.2) is 0 Å². The Labute approximate surface area is 240 Å².